The lowest BCUT2D eigenvalue weighted by molar-refractivity contribution is -0.124. The van der Waals surface area contributed by atoms with E-state index < -0.39 is 0 Å². The van der Waals surface area contributed by atoms with Crippen LogP contribution in [-0.2, 0) is 11.3 Å². The van der Waals surface area contributed by atoms with E-state index in [0.717, 1.165) is 16.5 Å². The molecule has 5 nitrogen and oxygen atoms in total. The predicted molar refractivity (Wildman–Crippen MR) is 80.5 cm³/mol. The van der Waals surface area contributed by atoms with Gasteiger partial charge in [0, 0.05) is 24.0 Å². The Kier molecular flexibility index (Phi) is 3.64. The Morgan fingerprint density at radius 2 is 2.10 bits per heavy atom. The van der Waals surface area contributed by atoms with Crippen LogP contribution in [0.5, 0.6) is 0 Å². The first-order valence-electron chi connectivity index (χ1n) is 6.85. The average Bonchev–Trinajstić information content (AvgIpc) is 3.06. The van der Waals surface area contributed by atoms with Gasteiger partial charge in [-0.3, -0.25) is 14.5 Å². The SMILES string of the molecule is CC(C(=O)NCc1nccc2ccccc12)n1cccn1. The minimum Gasteiger partial charge on any atom is -0.349 e. The van der Waals surface area contributed by atoms with Crippen LogP contribution in [0.3, 0.4) is 0 Å². The van der Waals surface area contributed by atoms with Gasteiger partial charge in [-0.1, -0.05) is 24.3 Å². The van der Waals surface area contributed by atoms with Crippen molar-refractivity contribution in [3.63, 3.8) is 0 Å². The summed E-state index contributed by atoms with van der Waals surface area (Å²) in [6.45, 7) is 2.23. The summed E-state index contributed by atoms with van der Waals surface area (Å²) in [7, 11) is 0. The molecule has 0 aliphatic rings. The predicted octanol–water partition coefficient (Wildman–Crippen LogP) is 2.31. The van der Waals surface area contributed by atoms with E-state index in [1.54, 1.807) is 29.3 Å². The summed E-state index contributed by atoms with van der Waals surface area (Å²) < 4.78 is 1.63. The number of nitrogens with one attached hydrogen (secondary N) is 1. The molecule has 0 bridgehead atoms. The van der Waals surface area contributed by atoms with E-state index in [0.29, 0.717) is 6.54 Å². The maximum Gasteiger partial charge on any atom is 0.244 e. The largest absolute Gasteiger partial charge is 0.349 e. The van der Waals surface area contributed by atoms with Crippen LogP contribution < -0.4 is 5.32 Å². The molecule has 2 heterocycles. The number of carbonyl (C=O) groups excluding carboxylic acids is 1. The molecule has 21 heavy (non-hydrogen) atoms. The van der Waals surface area contributed by atoms with Gasteiger partial charge in [0.05, 0.1) is 12.2 Å². The molecule has 3 aromatic rings. The zero-order valence-electron chi connectivity index (χ0n) is 11.7. The van der Waals surface area contributed by atoms with Crippen LogP contribution >= 0.6 is 0 Å². The molecule has 0 aliphatic carbocycles. The van der Waals surface area contributed by atoms with Crippen LogP contribution in [-0.4, -0.2) is 20.7 Å². The molecule has 0 saturated heterocycles. The summed E-state index contributed by atoms with van der Waals surface area (Å²) in [4.78, 5) is 16.5. The molecule has 0 fully saturated rings. The lowest BCUT2D eigenvalue weighted by Crippen LogP contribution is -2.31. The van der Waals surface area contributed by atoms with Gasteiger partial charge >= 0.3 is 0 Å². The fraction of sp³-hybridized carbons (Fsp3) is 0.188. The van der Waals surface area contributed by atoms with Crippen molar-refractivity contribution in [3.8, 4) is 0 Å². The summed E-state index contributed by atoms with van der Waals surface area (Å²) in [5, 5.41) is 9.18. The second-order valence-electron chi connectivity index (χ2n) is 4.86. The topological polar surface area (TPSA) is 59.8 Å². The molecule has 3 rings (SSSR count). The third-order valence-electron chi connectivity index (χ3n) is 3.49. The Morgan fingerprint density at radius 1 is 1.24 bits per heavy atom. The first kappa shape index (κ1) is 13.3. The van der Waals surface area contributed by atoms with Crippen molar-refractivity contribution in [1.29, 1.82) is 0 Å². The molecule has 0 saturated carbocycles. The second-order valence-corrected chi connectivity index (χ2v) is 4.86. The molecule has 1 unspecified atom stereocenters. The maximum absolute atomic E-state index is 12.2. The monoisotopic (exact) mass is 280 g/mol. The van der Waals surface area contributed by atoms with Crippen molar-refractivity contribution in [2.45, 2.75) is 19.5 Å². The average molecular weight is 280 g/mol. The second kappa shape index (κ2) is 5.75. The van der Waals surface area contributed by atoms with Gasteiger partial charge in [-0.25, -0.2) is 0 Å². The summed E-state index contributed by atoms with van der Waals surface area (Å²) in [5.41, 5.74) is 0.870. The van der Waals surface area contributed by atoms with Gasteiger partial charge in [0.25, 0.3) is 0 Å². The van der Waals surface area contributed by atoms with Crippen molar-refractivity contribution in [2.75, 3.05) is 0 Å². The van der Waals surface area contributed by atoms with E-state index >= 15 is 0 Å². The van der Waals surface area contributed by atoms with E-state index in [1.165, 1.54) is 0 Å². The molecule has 0 radical (unpaired) electrons. The number of hydrogen-bond acceptors (Lipinski definition) is 3. The molecule has 1 N–H and O–H groups in total. The van der Waals surface area contributed by atoms with Crippen LogP contribution in [0.15, 0.2) is 55.0 Å². The minimum absolute atomic E-state index is 0.0755. The molecular weight excluding hydrogens is 264 g/mol. The Bertz CT molecular complexity index is 747. The summed E-state index contributed by atoms with van der Waals surface area (Å²) in [6.07, 6.45) is 5.21. The molecule has 106 valence electrons. The van der Waals surface area contributed by atoms with E-state index in [4.69, 9.17) is 0 Å². The molecular formula is C16H16N4O. The van der Waals surface area contributed by atoms with E-state index in [9.17, 15) is 4.79 Å². The summed E-state index contributed by atoms with van der Waals surface area (Å²) in [5.74, 6) is -0.0755. The fourth-order valence-electron chi connectivity index (χ4n) is 2.27. The van der Waals surface area contributed by atoms with Crippen LogP contribution in [0.2, 0.25) is 0 Å². The van der Waals surface area contributed by atoms with E-state index in [2.05, 4.69) is 15.4 Å². The quantitative estimate of drug-likeness (QED) is 0.797. The molecule has 2 aromatic heterocycles. The number of carbonyl (C=O) groups is 1. The molecule has 1 aromatic carbocycles. The first-order valence-corrected chi connectivity index (χ1v) is 6.85. The summed E-state index contributed by atoms with van der Waals surface area (Å²) >= 11 is 0. The molecule has 5 heteroatoms. The van der Waals surface area contributed by atoms with Gasteiger partial charge in [-0.15, -0.1) is 0 Å². The number of pyridine rings is 1. The standard InChI is InChI=1S/C16H16N4O/c1-12(20-10-4-8-19-20)16(21)18-11-15-14-6-3-2-5-13(14)7-9-17-15/h2-10,12H,11H2,1H3,(H,18,21). The van der Waals surface area contributed by atoms with Crippen molar-refractivity contribution in [1.82, 2.24) is 20.1 Å². The van der Waals surface area contributed by atoms with Crippen molar-refractivity contribution < 1.29 is 4.79 Å². The third-order valence-corrected chi connectivity index (χ3v) is 3.49. The zero-order chi connectivity index (χ0) is 14.7. The Balaban J connectivity index is 1.73. The maximum atomic E-state index is 12.2. The van der Waals surface area contributed by atoms with E-state index in [-0.39, 0.29) is 11.9 Å². The van der Waals surface area contributed by atoms with Crippen molar-refractivity contribution in [3.05, 3.63) is 60.7 Å². The first-order chi connectivity index (χ1) is 10.3. The normalized spacial score (nSPS) is 12.2. The molecule has 0 spiro atoms. The van der Waals surface area contributed by atoms with E-state index in [1.807, 2.05) is 37.3 Å². The highest BCUT2D eigenvalue weighted by Gasteiger charge is 2.14. The third kappa shape index (κ3) is 2.76. The van der Waals surface area contributed by atoms with Gasteiger partial charge in [-0.2, -0.15) is 5.10 Å². The number of nitrogens with zero attached hydrogens (tertiary/aromatic N) is 3. The lowest BCUT2D eigenvalue weighted by atomic mass is 10.1. The Labute approximate surface area is 122 Å². The highest BCUT2D eigenvalue weighted by Crippen LogP contribution is 2.16. The number of amides is 1. The number of aromatic nitrogens is 3. The minimum atomic E-state index is -0.338. The highest BCUT2D eigenvalue weighted by molar-refractivity contribution is 5.85. The fourth-order valence-corrected chi connectivity index (χ4v) is 2.27. The summed E-state index contributed by atoms with van der Waals surface area (Å²) in [6, 6.07) is 11.4. The smallest absolute Gasteiger partial charge is 0.244 e. The zero-order valence-corrected chi connectivity index (χ0v) is 11.7. The Hall–Kier alpha value is -2.69. The van der Waals surface area contributed by atoms with Crippen LogP contribution in [0.1, 0.15) is 18.7 Å². The lowest BCUT2D eigenvalue weighted by Gasteiger charge is -2.13. The van der Waals surface area contributed by atoms with Gasteiger partial charge in [0.2, 0.25) is 5.91 Å². The number of rotatable bonds is 4. The molecule has 1 atom stereocenters. The highest BCUT2D eigenvalue weighted by atomic mass is 16.2. The van der Waals surface area contributed by atoms with Gasteiger partial charge in [0.15, 0.2) is 0 Å². The molecule has 0 aliphatic heterocycles. The number of benzene rings is 1. The van der Waals surface area contributed by atoms with Gasteiger partial charge < -0.3 is 5.32 Å². The number of hydrogen-bond donors (Lipinski definition) is 1. The number of fused-ring (bicyclic) bond motifs is 1. The van der Waals surface area contributed by atoms with Crippen LogP contribution in [0.25, 0.3) is 10.8 Å². The van der Waals surface area contributed by atoms with Crippen LogP contribution in [0.4, 0.5) is 0 Å². The van der Waals surface area contributed by atoms with Crippen molar-refractivity contribution in [2.24, 2.45) is 0 Å². The van der Waals surface area contributed by atoms with Gasteiger partial charge in [-0.05, 0) is 24.4 Å². The van der Waals surface area contributed by atoms with Crippen molar-refractivity contribution >= 4 is 16.7 Å². The van der Waals surface area contributed by atoms with Crippen LogP contribution in [0, 0.1) is 0 Å². The Morgan fingerprint density at radius 3 is 2.90 bits per heavy atom. The van der Waals surface area contributed by atoms with Gasteiger partial charge in [0.1, 0.15) is 6.04 Å². The molecule has 1 amide bonds.